The van der Waals surface area contributed by atoms with Gasteiger partial charge in [-0.15, -0.1) is 0 Å². The number of hydrogen-bond acceptors (Lipinski definition) is 11. The van der Waals surface area contributed by atoms with E-state index in [4.69, 9.17) is 39.8 Å². The second-order valence-electron chi connectivity index (χ2n) is 7.79. The molecule has 0 amide bonds. The van der Waals surface area contributed by atoms with Gasteiger partial charge in [0.2, 0.25) is 0 Å². The van der Waals surface area contributed by atoms with Crippen molar-refractivity contribution in [3.63, 3.8) is 0 Å². The van der Waals surface area contributed by atoms with Crippen LogP contribution in [0, 0.1) is 0 Å². The summed E-state index contributed by atoms with van der Waals surface area (Å²) in [5.41, 5.74) is 0. The first kappa shape index (κ1) is 34.2. The first-order chi connectivity index (χ1) is 16.3. The summed E-state index contributed by atoms with van der Waals surface area (Å²) < 4.78 is 49.8. The normalized spacial score (nSPS) is 13.2. The molecule has 0 aromatic carbocycles. The molecule has 0 heterocycles. The molecule has 11 nitrogen and oxygen atoms in total. The Bertz CT molecular complexity index is 435. The molecule has 14 heteroatoms. The Labute approximate surface area is 210 Å². The van der Waals surface area contributed by atoms with E-state index in [9.17, 15) is 0 Å². The van der Waals surface area contributed by atoms with Crippen LogP contribution in [0.15, 0.2) is 0 Å². The van der Waals surface area contributed by atoms with Crippen LogP contribution < -0.4 is 5.32 Å². The molecule has 0 spiro atoms. The van der Waals surface area contributed by atoms with Crippen LogP contribution in [-0.4, -0.2) is 128 Å². The van der Waals surface area contributed by atoms with E-state index in [0.717, 1.165) is 70.1 Å². The highest BCUT2D eigenvalue weighted by atomic mass is 28.4. The van der Waals surface area contributed by atoms with Gasteiger partial charge in [0.05, 0.1) is 0 Å². The fourth-order valence-electron chi connectivity index (χ4n) is 3.83. The van der Waals surface area contributed by atoms with E-state index in [1.54, 1.807) is 64.0 Å². The summed E-state index contributed by atoms with van der Waals surface area (Å²) in [6.45, 7) is 4.51. The molecule has 0 saturated carbocycles. The summed E-state index contributed by atoms with van der Waals surface area (Å²) in [5.74, 6) is 0. The Hall–Kier alpha value is 0.211. The summed E-state index contributed by atoms with van der Waals surface area (Å²) in [6, 6.07) is 2.32. The largest absolute Gasteiger partial charge is 0.500 e. The Morgan fingerprint density at radius 1 is 0.441 bits per heavy atom. The SMILES string of the molecule is CO[Si](CCCNCCN(CCC[Si](OC)(OC)OC)CCC[Si](OC)(OC)OC)(OC)OC. The molecule has 0 aliphatic heterocycles. The van der Waals surface area contributed by atoms with Gasteiger partial charge in [-0.2, -0.15) is 0 Å². The molecule has 0 atom stereocenters. The van der Waals surface area contributed by atoms with E-state index in [1.807, 2.05) is 0 Å². The summed E-state index contributed by atoms with van der Waals surface area (Å²) in [6.07, 6.45) is 2.77. The molecule has 1 N–H and O–H groups in total. The molecule has 0 aromatic rings. The van der Waals surface area contributed by atoms with Crippen molar-refractivity contribution in [1.29, 1.82) is 0 Å². The third kappa shape index (κ3) is 12.0. The van der Waals surface area contributed by atoms with Gasteiger partial charge in [-0.1, -0.05) is 0 Å². The number of rotatable bonds is 24. The number of nitrogens with one attached hydrogen (secondary N) is 1. The van der Waals surface area contributed by atoms with Crippen molar-refractivity contribution < 1.29 is 39.8 Å². The Morgan fingerprint density at radius 3 is 1.09 bits per heavy atom. The van der Waals surface area contributed by atoms with E-state index in [1.165, 1.54) is 0 Å². The van der Waals surface area contributed by atoms with Crippen molar-refractivity contribution in [2.75, 3.05) is 96.7 Å². The lowest BCUT2D eigenvalue weighted by atomic mass is 10.3. The summed E-state index contributed by atoms with van der Waals surface area (Å²) in [4.78, 5) is 2.44. The molecule has 0 saturated heterocycles. The van der Waals surface area contributed by atoms with Gasteiger partial charge in [0.1, 0.15) is 0 Å². The van der Waals surface area contributed by atoms with Gasteiger partial charge in [0, 0.05) is 95.2 Å². The third-order valence-corrected chi connectivity index (χ3v) is 14.7. The van der Waals surface area contributed by atoms with Crippen LogP contribution in [0.4, 0.5) is 0 Å². The van der Waals surface area contributed by atoms with E-state index < -0.39 is 26.4 Å². The van der Waals surface area contributed by atoms with Crippen LogP contribution in [0.2, 0.25) is 18.1 Å². The van der Waals surface area contributed by atoms with Crippen LogP contribution in [0.25, 0.3) is 0 Å². The summed E-state index contributed by atoms with van der Waals surface area (Å²) in [7, 11) is 7.21. The van der Waals surface area contributed by atoms with Crippen molar-refractivity contribution in [1.82, 2.24) is 10.2 Å². The van der Waals surface area contributed by atoms with Gasteiger partial charge in [0.15, 0.2) is 0 Å². The maximum Gasteiger partial charge on any atom is 0.500 e. The lowest BCUT2D eigenvalue weighted by Gasteiger charge is -2.28. The molecular weight excluding hydrogens is 496 g/mol. The van der Waals surface area contributed by atoms with Crippen LogP contribution in [0.1, 0.15) is 19.3 Å². The van der Waals surface area contributed by atoms with Crippen molar-refractivity contribution in [3.8, 4) is 0 Å². The standard InChI is InChI=1S/C20H50N2O9Si3/c1-23-32(24-2,25-3)18-10-13-21-14-17-22(15-11-19-33(26-4,27-5)28-6)16-12-20-34(29-7,30-8)31-9/h21H,10-20H2,1-9H3. The minimum atomic E-state index is -2.57. The van der Waals surface area contributed by atoms with Gasteiger partial charge in [-0.25, -0.2) is 0 Å². The predicted molar refractivity (Wildman–Crippen MR) is 138 cm³/mol. The molecule has 0 bridgehead atoms. The minimum absolute atomic E-state index is 0.769. The molecule has 0 radical (unpaired) electrons. The fourth-order valence-corrected chi connectivity index (χ4v) is 8.96. The average molecular weight is 547 g/mol. The zero-order valence-electron chi connectivity index (χ0n) is 22.9. The third-order valence-electron chi connectivity index (χ3n) is 6.15. The van der Waals surface area contributed by atoms with E-state index in [2.05, 4.69) is 10.2 Å². The lowest BCUT2D eigenvalue weighted by Crippen LogP contribution is -2.44. The zero-order chi connectivity index (χ0) is 25.9. The van der Waals surface area contributed by atoms with Gasteiger partial charge in [-0.3, -0.25) is 0 Å². The van der Waals surface area contributed by atoms with E-state index in [0.29, 0.717) is 0 Å². The Balaban J connectivity index is 4.69. The molecule has 0 aromatic heterocycles. The second kappa shape index (κ2) is 19.3. The quantitative estimate of drug-likeness (QED) is 0.141. The van der Waals surface area contributed by atoms with Crippen molar-refractivity contribution in [2.45, 2.75) is 37.4 Å². The summed E-state index contributed by atoms with van der Waals surface area (Å²) >= 11 is 0. The van der Waals surface area contributed by atoms with E-state index in [-0.39, 0.29) is 0 Å². The van der Waals surface area contributed by atoms with Crippen LogP contribution in [-0.2, 0) is 39.8 Å². The number of hydrogen-bond donors (Lipinski definition) is 1. The first-order valence-electron chi connectivity index (χ1n) is 11.7. The van der Waals surface area contributed by atoms with Gasteiger partial charge in [0.25, 0.3) is 0 Å². The maximum atomic E-state index is 5.56. The average Bonchev–Trinajstić information content (AvgIpc) is 2.89. The van der Waals surface area contributed by atoms with E-state index >= 15 is 0 Å². The molecule has 206 valence electrons. The topological polar surface area (TPSA) is 98.3 Å². The molecule has 0 fully saturated rings. The van der Waals surface area contributed by atoms with Crippen molar-refractivity contribution in [2.24, 2.45) is 0 Å². The van der Waals surface area contributed by atoms with Crippen molar-refractivity contribution in [3.05, 3.63) is 0 Å². The fraction of sp³-hybridized carbons (Fsp3) is 1.00. The highest BCUT2D eigenvalue weighted by Crippen LogP contribution is 2.18. The first-order valence-corrected chi connectivity index (χ1v) is 17.5. The second-order valence-corrected chi connectivity index (χ2v) is 17.1. The zero-order valence-corrected chi connectivity index (χ0v) is 25.9. The molecule has 0 rings (SSSR count). The maximum absolute atomic E-state index is 5.56. The van der Waals surface area contributed by atoms with Crippen LogP contribution in [0.5, 0.6) is 0 Å². The predicted octanol–water partition coefficient (Wildman–Crippen LogP) is 1.68. The molecule has 0 aliphatic carbocycles. The summed E-state index contributed by atoms with van der Waals surface area (Å²) in [5, 5.41) is 3.52. The van der Waals surface area contributed by atoms with Crippen molar-refractivity contribution >= 4 is 26.4 Å². The van der Waals surface area contributed by atoms with Crippen LogP contribution >= 0.6 is 0 Å². The monoisotopic (exact) mass is 546 g/mol. The van der Waals surface area contributed by atoms with Gasteiger partial charge < -0.3 is 50.1 Å². The van der Waals surface area contributed by atoms with Gasteiger partial charge in [-0.05, 0) is 38.9 Å². The molecular formula is C20H50N2O9Si3. The highest BCUT2D eigenvalue weighted by Gasteiger charge is 2.38. The van der Waals surface area contributed by atoms with Crippen LogP contribution in [0.3, 0.4) is 0 Å². The lowest BCUT2D eigenvalue weighted by molar-refractivity contribution is 0.119. The molecule has 0 aliphatic rings. The highest BCUT2D eigenvalue weighted by molar-refractivity contribution is 6.61. The Kier molecular flexibility index (Phi) is 19.5. The van der Waals surface area contributed by atoms with Gasteiger partial charge >= 0.3 is 26.4 Å². The smallest absolute Gasteiger partial charge is 0.377 e. The molecule has 34 heavy (non-hydrogen) atoms. The number of nitrogens with zero attached hydrogens (tertiary/aromatic N) is 1. The molecule has 0 unspecified atom stereocenters. The minimum Gasteiger partial charge on any atom is -0.377 e. The Morgan fingerprint density at radius 2 is 0.765 bits per heavy atom.